The van der Waals surface area contributed by atoms with Gasteiger partial charge in [0.1, 0.15) is 11.2 Å². The Balaban J connectivity index is 1.59. The van der Waals surface area contributed by atoms with Gasteiger partial charge in [0.15, 0.2) is 0 Å². The summed E-state index contributed by atoms with van der Waals surface area (Å²) in [7, 11) is 0. The van der Waals surface area contributed by atoms with E-state index in [2.05, 4.69) is 124 Å². The van der Waals surface area contributed by atoms with E-state index in [1.54, 1.807) is 0 Å². The van der Waals surface area contributed by atoms with Gasteiger partial charge in [-0.3, -0.25) is 0 Å². The molecule has 0 N–H and O–H groups in total. The van der Waals surface area contributed by atoms with Gasteiger partial charge in [0, 0.05) is 43.4 Å². The first-order chi connectivity index (χ1) is 19.4. The molecular weight excluding hydrogens is 476 g/mol. The number of hydrogen-bond donors (Lipinski definition) is 0. The van der Waals surface area contributed by atoms with Crippen molar-refractivity contribution in [2.45, 2.75) is 0 Å². The van der Waals surface area contributed by atoms with Crippen molar-refractivity contribution in [1.82, 2.24) is 8.97 Å². The second-order valence-corrected chi connectivity index (χ2v) is 10.5. The van der Waals surface area contributed by atoms with E-state index in [4.69, 9.17) is 4.42 Å². The maximum absolute atomic E-state index is 6.67. The Kier molecular flexibility index (Phi) is 3.44. The van der Waals surface area contributed by atoms with E-state index >= 15 is 0 Å². The molecule has 39 heavy (non-hydrogen) atoms. The molecule has 0 fully saturated rings. The first kappa shape index (κ1) is 19.8. The molecule has 0 aliphatic heterocycles. The van der Waals surface area contributed by atoms with Gasteiger partial charge in [-0.05, 0) is 48.5 Å². The van der Waals surface area contributed by atoms with Crippen LogP contribution in [0.25, 0.3) is 87.5 Å². The predicted molar refractivity (Wildman–Crippen MR) is 163 cm³/mol. The number of para-hydroxylation sites is 4. The highest BCUT2D eigenvalue weighted by Crippen LogP contribution is 2.49. The maximum Gasteiger partial charge on any atom is 0.145 e. The average Bonchev–Trinajstić information content (AvgIpc) is 3.72. The lowest BCUT2D eigenvalue weighted by Gasteiger charge is -2.08. The summed E-state index contributed by atoms with van der Waals surface area (Å²) in [5.41, 5.74) is 9.17. The molecular formula is C36H20N2O. The minimum Gasteiger partial charge on any atom is -0.455 e. The van der Waals surface area contributed by atoms with Crippen LogP contribution < -0.4 is 0 Å². The van der Waals surface area contributed by atoms with E-state index in [0.717, 1.165) is 21.9 Å². The molecule has 0 radical (unpaired) electrons. The zero-order valence-electron chi connectivity index (χ0n) is 20.8. The lowest BCUT2D eigenvalue weighted by atomic mass is 10.0. The molecule has 180 valence electrons. The van der Waals surface area contributed by atoms with Gasteiger partial charge in [-0.15, -0.1) is 0 Å². The van der Waals surface area contributed by atoms with Crippen LogP contribution in [0.1, 0.15) is 0 Å². The minimum atomic E-state index is 0.928. The fourth-order valence-electron chi connectivity index (χ4n) is 7.13. The first-order valence-electron chi connectivity index (χ1n) is 13.4. The molecule has 0 saturated carbocycles. The predicted octanol–water partition coefficient (Wildman–Crippen LogP) is 9.83. The number of benzene rings is 6. The van der Waals surface area contributed by atoms with Gasteiger partial charge >= 0.3 is 0 Å². The van der Waals surface area contributed by atoms with Crippen LogP contribution in [-0.4, -0.2) is 8.97 Å². The van der Waals surface area contributed by atoms with Crippen LogP contribution in [0, 0.1) is 0 Å². The standard InChI is InChI=1S/C36H20N2O/c1-2-10-21(11-3-1)37-28-16-8-5-14-25(28)32-30(37)20-26-22-12-4-7-15-27(22)38-29-19-18-24-23-13-6-9-17-31(23)39-36(24)33(29)34(32)35(26)38/h1-20H. The highest BCUT2D eigenvalue weighted by Gasteiger charge is 2.26. The van der Waals surface area contributed by atoms with Crippen LogP contribution in [0.5, 0.6) is 0 Å². The van der Waals surface area contributed by atoms with Gasteiger partial charge in [-0.1, -0.05) is 72.8 Å². The Labute approximate surface area is 222 Å². The molecule has 4 heterocycles. The molecule has 0 amide bonds. The van der Waals surface area contributed by atoms with E-state index < -0.39 is 0 Å². The summed E-state index contributed by atoms with van der Waals surface area (Å²) in [6.45, 7) is 0. The van der Waals surface area contributed by atoms with Gasteiger partial charge in [0.05, 0.1) is 33.0 Å². The second-order valence-electron chi connectivity index (χ2n) is 10.5. The first-order valence-corrected chi connectivity index (χ1v) is 13.4. The Morgan fingerprint density at radius 2 is 1.15 bits per heavy atom. The van der Waals surface area contributed by atoms with Crippen molar-refractivity contribution in [2.24, 2.45) is 0 Å². The number of aromatic nitrogens is 2. The van der Waals surface area contributed by atoms with Crippen LogP contribution >= 0.6 is 0 Å². The average molecular weight is 497 g/mol. The molecule has 0 spiro atoms. The molecule has 6 aromatic carbocycles. The monoisotopic (exact) mass is 496 g/mol. The normalized spacial score (nSPS) is 12.6. The van der Waals surface area contributed by atoms with Crippen molar-refractivity contribution in [3.63, 3.8) is 0 Å². The topological polar surface area (TPSA) is 22.5 Å². The number of rotatable bonds is 1. The molecule has 0 bridgehead atoms. The molecule has 4 aromatic heterocycles. The van der Waals surface area contributed by atoms with E-state index in [-0.39, 0.29) is 0 Å². The molecule has 0 unspecified atom stereocenters. The molecule has 0 aliphatic carbocycles. The van der Waals surface area contributed by atoms with E-state index in [1.165, 1.54) is 65.6 Å². The zero-order chi connectivity index (χ0) is 25.2. The Morgan fingerprint density at radius 1 is 0.436 bits per heavy atom. The summed E-state index contributed by atoms with van der Waals surface area (Å²) in [6.07, 6.45) is 0. The lowest BCUT2D eigenvalue weighted by molar-refractivity contribution is 0.673. The molecule has 3 nitrogen and oxygen atoms in total. The summed E-state index contributed by atoms with van der Waals surface area (Å²) in [4.78, 5) is 0. The summed E-state index contributed by atoms with van der Waals surface area (Å²) in [5.74, 6) is 0. The van der Waals surface area contributed by atoms with Gasteiger partial charge in [-0.25, -0.2) is 0 Å². The number of hydrogen-bond acceptors (Lipinski definition) is 1. The molecule has 10 rings (SSSR count). The van der Waals surface area contributed by atoms with Crippen molar-refractivity contribution in [1.29, 1.82) is 0 Å². The molecule has 0 atom stereocenters. The van der Waals surface area contributed by atoms with Gasteiger partial charge < -0.3 is 13.4 Å². The van der Waals surface area contributed by atoms with E-state index in [0.29, 0.717) is 0 Å². The van der Waals surface area contributed by atoms with Gasteiger partial charge in [-0.2, -0.15) is 0 Å². The van der Waals surface area contributed by atoms with Crippen LogP contribution in [0.4, 0.5) is 0 Å². The SMILES string of the molecule is c1ccc(-n2c3ccccc3c3c4c5c6oc7ccccc7c6ccc5n5c6ccccc6c(cc32)c45)cc1. The summed E-state index contributed by atoms with van der Waals surface area (Å²) < 4.78 is 11.5. The van der Waals surface area contributed by atoms with Crippen molar-refractivity contribution in [3.8, 4) is 5.69 Å². The van der Waals surface area contributed by atoms with E-state index in [9.17, 15) is 0 Å². The third kappa shape index (κ3) is 2.27. The van der Waals surface area contributed by atoms with Crippen LogP contribution in [0.15, 0.2) is 126 Å². The Bertz CT molecular complexity index is 2600. The quantitative estimate of drug-likeness (QED) is 0.222. The summed E-state index contributed by atoms with van der Waals surface area (Å²) in [6, 6.07) is 43.6. The minimum absolute atomic E-state index is 0.928. The molecule has 0 aliphatic rings. The fraction of sp³-hybridized carbons (Fsp3) is 0. The summed E-state index contributed by atoms with van der Waals surface area (Å²) >= 11 is 0. The zero-order valence-corrected chi connectivity index (χ0v) is 20.8. The third-order valence-electron chi connectivity index (χ3n) is 8.62. The Morgan fingerprint density at radius 3 is 2.03 bits per heavy atom. The molecule has 3 heteroatoms. The third-order valence-corrected chi connectivity index (χ3v) is 8.62. The van der Waals surface area contributed by atoms with Crippen molar-refractivity contribution < 1.29 is 4.42 Å². The van der Waals surface area contributed by atoms with Crippen LogP contribution in [0.3, 0.4) is 0 Å². The van der Waals surface area contributed by atoms with Gasteiger partial charge in [0.25, 0.3) is 0 Å². The fourth-order valence-corrected chi connectivity index (χ4v) is 7.13. The molecule has 0 saturated heterocycles. The summed E-state index contributed by atoms with van der Waals surface area (Å²) in [5, 5.41) is 9.86. The maximum atomic E-state index is 6.67. The smallest absolute Gasteiger partial charge is 0.145 e. The molecule has 10 aromatic rings. The number of furan rings is 1. The van der Waals surface area contributed by atoms with Crippen LogP contribution in [0.2, 0.25) is 0 Å². The van der Waals surface area contributed by atoms with E-state index in [1.807, 2.05) is 6.07 Å². The second kappa shape index (κ2) is 6.77. The van der Waals surface area contributed by atoms with Gasteiger partial charge in [0.2, 0.25) is 0 Å². The van der Waals surface area contributed by atoms with Crippen molar-refractivity contribution in [2.75, 3.05) is 0 Å². The Hall–Kier alpha value is -5.28. The number of fused-ring (bicyclic) bond motifs is 14. The largest absolute Gasteiger partial charge is 0.455 e. The van der Waals surface area contributed by atoms with Crippen LogP contribution in [-0.2, 0) is 0 Å². The number of nitrogens with zero attached hydrogens (tertiary/aromatic N) is 2. The highest BCUT2D eigenvalue weighted by molar-refractivity contribution is 6.39. The lowest BCUT2D eigenvalue weighted by Crippen LogP contribution is -1.92. The van der Waals surface area contributed by atoms with Crippen molar-refractivity contribution in [3.05, 3.63) is 121 Å². The highest BCUT2D eigenvalue weighted by atomic mass is 16.3. The van der Waals surface area contributed by atoms with Crippen molar-refractivity contribution >= 4 is 81.8 Å².